The third-order valence-electron chi connectivity index (χ3n) is 4.44. The zero-order valence-corrected chi connectivity index (χ0v) is 13.2. The second kappa shape index (κ2) is 5.80. The third-order valence-corrected chi connectivity index (χ3v) is 4.44. The van der Waals surface area contributed by atoms with E-state index >= 15 is 0 Å². The Morgan fingerprint density at radius 3 is 2.10 bits per heavy atom. The lowest BCUT2D eigenvalue weighted by Gasteiger charge is -2.30. The Bertz CT molecular complexity index is 612. The molecule has 0 aromatic heterocycles. The molecular formula is C19H24O2. The molecule has 0 amide bonds. The molecule has 0 aliphatic carbocycles. The van der Waals surface area contributed by atoms with E-state index in [0.717, 1.165) is 12.0 Å². The van der Waals surface area contributed by atoms with Crippen molar-refractivity contribution in [1.82, 2.24) is 0 Å². The number of hydrogen-bond acceptors (Lipinski definition) is 2. The number of phenols is 2. The van der Waals surface area contributed by atoms with Gasteiger partial charge in [0.15, 0.2) is 0 Å². The second-order valence-corrected chi connectivity index (χ2v) is 6.25. The van der Waals surface area contributed by atoms with Gasteiger partial charge < -0.3 is 10.2 Å². The highest BCUT2D eigenvalue weighted by molar-refractivity contribution is 5.47. The van der Waals surface area contributed by atoms with Crippen LogP contribution in [0.1, 0.15) is 56.7 Å². The molecule has 0 radical (unpaired) electrons. The van der Waals surface area contributed by atoms with Gasteiger partial charge in [0, 0.05) is 5.41 Å². The Hall–Kier alpha value is -1.96. The minimum absolute atomic E-state index is 0.180. The highest BCUT2D eigenvalue weighted by Crippen LogP contribution is 2.38. The van der Waals surface area contributed by atoms with Crippen LogP contribution in [0.3, 0.4) is 0 Å². The van der Waals surface area contributed by atoms with Gasteiger partial charge in [0.2, 0.25) is 0 Å². The maximum absolute atomic E-state index is 9.82. The molecule has 0 spiro atoms. The summed E-state index contributed by atoms with van der Waals surface area (Å²) in [6.07, 6.45) is 1.03. The first-order valence-corrected chi connectivity index (χ1v) is 7.49. The molecule has 0 aliphatic rings. The summed E-state index contributed by atoms with van der Waals surface area (Å²) in [5, 5.41) is 19.3. The van der Waals surface area contributed by atoms with Gasteiger partial charge in [-0.3, -0.25) is 0 Å². The first kappa shape index (κ1) is 15.4. The summed E-state index contributed by atoms with van der Waals surface area (Å²) in [7, 11) is 0. The first-order chi connectivity index (χ1) is 9.86. The predicted molar refractivity (Wildman–Crippen MR) is 87.0 cm³/mol. The Kier molecular flexibility index (Phi) is 4.26. The van der Waals surface area contributed by atoms with Crippen LogP contribution in [0.2, 0.25) is 0 Å². The van der Waals surface area contributed by atoms with Gasteiger partial charge in [-0.15, -0.1) is 0 Å². The zero-order valence-electron chi connectivity index (χ0n) is 13.2. The predicted octanol–water partition coefficient (Wildman–Crippen LogP) is 4.94. The van der Waals surface area contributed by atoms with Crippen LogP contribution in [-0.4, -0.2) is 10.2 Å². The standard InChI is InChI=1S/C19H24O2/c1-5-13(2)17-12-16(21)10-11-18(17)19(3,4)14-6-8-15(20)9-7-14/h6-13,20-21H,5H2,1-4H3. The number of hydrogen-bond donors (Lipinski definition) is 2. The second-order valence-electron chi connectivity index (χ2n) is 6.25. The van der Waals surface area contributed by atoms with Gasteiger partial charge in [-0.1, -0.05) is 45.9 Å². The molecule has 0 bridgehead atoms. The largest absolute Gasteiger partial charge is 0.508 e. The van der Waals surface area contributed by atoms with Crippen LogP contribution in [0, 0.1) is 0 Å². The van der Waals surface area contributed by atoms with Gasteiger partial charge in [-0.25, -0.2) is 0 Å². The molecule has 2 aromatic rings. The molecule has 0 heterocycles. The van der Waals surface area contributed by atoms with Gasteiger partial charge in [0.1, 0.15) is 11.5 Å². The van der Waals surface area contributed by atoms with Crippen molar-refractivity contribution in [2.75, 3.05) is 0 Å². The molecule has 0 fully saturated rings. The number of rotatable bonds is 4. The van der Waals surface area contributed by atoms with E-state index in [9.17, 15) is 10.2 Å². The van der Waals surface area contributed by atoms with Gasteiger partial charge in [0.25, 0.3) is 0 Å². The van der Waals surface area contributed by atoms with Crippen LogP contribution in [-0.2, 0) is 5.41 Å². The van der Waals surface area contributed by atoms with Crippen molar-refractivity contribution >= 4 is 0 Å². The van der Waals surface area contributed by atoms with Crippen LogP contribution in [0.25, 0.3) is 0 Å². The van der Waals surface area contributed by atoms with Crippen LogP contribution in [0.15, 0.2) is 42.5 Å². The van der Waals surface area contributed by atoms with Crippen LogP contribution >= 0.6 is 0 Å². The Morgan fingerprint density at radius 2 is 1.52 bits per heavy atom. The molecule has 2 heteroatoms. The smallest absolute Gasteiger partial charge is 0.115 e. The van der Waals surface area contributed by atoms with Gasteiger partial charge in [-0.05, 0) is 53.3 Å². The van der Waals surface area contributed by atoms with E-state index in [1.165, 1.54) is 11.1 Å². The Labute approximate surface area is 127 Å². The molecule has 0 aliphatic heterocycles. The van der Waals surface area contributed by atoms with E-state index in [1.807, 2.05) is 24.3 Å². The van der Waals surface area contributed by atoms with E-state index in [2.05, 4.69) is 27.7 Å². The summed E-state index contributed by atoms with van der Waals surface area (Å²) in [6.45, 7) is 8.70. The van der Waals surface area contributed by atoms with E-state index in [1.54, 1.807) is 18.2 Å². The maximum Gasteiger partial charge on any atom is 0.115 e. The topological polar surface area (TPSA) is 40.5 Å². The molecule has 112 valence electrons. The summed E-state index contributed by atoms with van der Waals surface area (Å²) in [4.78, 5) is 0. The number of benzene rings is 2. The first-order valence-electron chi connectivity index (χ1n) is 7.49. The third kappa shape index (κ3) is 3.05. The minimum Gasteiger partial charge on any atom is -0.508 e. The molecule has 2 nitrogen and oxygen atoms in total. The van der Waals surface area contributed by atoms with E-state index < -0.39 is 0 Å². The summed E-state index contributed by atoms with van der Waals surface area (Å²) < 4.78 is 0. The maximum atomic E-state index is 9.82. The fourth-order valence-electron chi connectivity index (χ4n) is 2.78. The molecule has 2 N–H and O–H groups in total. The van der Waals surface area contributed by atoms with Crippen molar-refractivity contribution in [3.63, 3.8) is 0 Å². The summed E-state index contributed by atoms with van der Waals surface area (Å²) in [5.74, 6) is 0.987. The zero-order chi connectivity index (χ0) is 15.6. The Balaban J connectivity index is 2.56. The normalized spacial score (nSPS) is 13.1. The minimum atomic E-state index is -0.180. The van der Waals surface area contributed by atoms with Crippen molar-refractivity contribution in [3.05, 3.63) is 59.2 Å². The van der Waals surface area contributed by atoms with Crippen LogP contribution in [0.5, 0.6) is 11.5 Å². The van der Waals surface area contributed by atoms with Crippen molar-refractivity contribution in [3.8, 4) is 11.5 Å². The highest BCUT2D eigenvalue weighted by atomic mass is 16.3. The van der Waals surface area contributed by atoms with Gasteiger partial charge in [0.05, 0.1) is 0 Å². The van der Waals surface area contributed by atoms with Gasteiger partial charge >= 0.3 is 0 Å². The average molecular weight is 284 g/mol. The van der Waals surface area contributed by atoms with Crippen molar-refractivity contribution < 1.29 is 10.2 Å². The SMILES string of the molecule is CCC(C)c1cc(O)ccc1C(C)(C)c1ccc(O)cc1. The molecular weight excluding hydrogens is 260 g/mol. The van der Waals surface area contributed by atoms with Crippen LogP contribution < -0.4 is 0 Å². The number of phenolic OH excluding ortho intramolecular Hbond substituents is 2. The number of aromatic hydroxyl groups is 2. The van der Waals surface area contributed by atoms with Gasteiger partial charge in [-0.2, -0.15) is 0 Å². The summed E-state index contributed by atoms with van der Waals surface area (Å²) >= 11 is 0. The quantitative estimate of drug-likeness (QED) is 0.835. The fraction of sp³-hybridized carbons (Fsp3) is 0.368. The lowest BCUT2D eigenvalue weighted by molar-refractivity contribution is 0.472. The van der Waals surface area contributed by atoms with Crippen molar-refractivity contribution in [2.24, 2.45) is 0 Å². The lowest BCUT2D eigenvalue weighted by atomic mass is 9.74. The molecule has 2 aromatic carbocycles. The highest BCUT2D eigenvalue weighted by Gasteiger charge is 2.27. The summed E-state index contributed by atoms with van der Waals surface area (Å²) in [6, 6.07) is 13.0. The molecule has 2 rings (SSSR count). The fourth-order valence-corrected chi connectivity index (χ4v) is 2.78. The van der Waals surface area contributed by atoms with Crippen molar-refractivity contribution in [1.29, 1.82) is 0 Å². The Morgan fingerprint density at radius 1 is 0.952 bits per heavy atom. The van der Waals surface area contributed by atoms with E-state index in [0.29, 0.717) is 11.7 Å². The van der Waals surface area contributed by atoms with Crippen molar-refractivity contribution in [2.45, 2.75) is 45.4 Å². The molecule has 0 saturated carbocycles. The van der Waals surface area contributed by atoms with Crippen LogP contribution in [0.4, 0.5) is 0 Å². The molecule has 1 unspecified atom stereocenters. The van der Waals surface area contributed by atoms with E-state index in [-0.39, 0.29) is 11.2 Å². The summed E-state index contributed by atoms with van der Waals surface area (Å²) in [5.41, 5.74) is 3.38. The monoisotopic (exact) mass is 284 g/mol. The molecule has 1 atom stereocenters. The lowest BCUT2D eigenvalue weighted by Crippen LogP contribution is -2.21. The molecule has 0 saturated heterocycles. The molecule has 21 heavy (non-hydrogen) atoms. The average Bonchev–Trinajstić information content (AvgIpc) is 2.46. The van der Waals surface area contributed by atoms with E-state index in [4.69, 9.17) is 0 Å².